The van der Waals surface area contributed by atoms with Gasteiger partial charge in [0.15, 0.2) is 0 Å². The Bertz CT molecular complexity index is 398. The third kappa shape index (κ3) is 2.21. The van der Waals surface area contributed by atoms with Gasteiger partial charge in [-0.05, 0) is 42.6 Å². The largest absolute Gasteiger partial charge is 0.300 e. The van der Waals surface area contributed by atoms with Crippen LogP contribution < -0.4 is 0 Å². The maximum absolute atomic E-state index is 11.5. The van der Waals surface area contributed by atoms with Gasteiger partial charge in [-0.2, -0.15) is 5.10 Å². The van der Waals surface area contributed by atoms with Crippen molar-refractivity contribution in [1.82, 2.24) is 9.78 Å². The summed E-state index contributed by atoms with van der Waals surface area (Å²) in [6.45, 7) is 4.24. The Morgan fingerprint density at radius 1 is 1.56 bits per heavy atom. The SMILES string of the molecule is CC(C)n1ncc(Br)c1C1CCCC(=O)C1. The number of nitrogens with zero attached hydrogens (tertiary/aromatic N) is 2. The predicted octanol–water partition coefficient (Wildman–Crippen LogP) is 3.45. The fourth-order valence-corrected chi connectivity index (χ4v) is 3.00. The van der Waals surface area contributed by atoms with E-state index in [1.807, 2.05) is 10.9 Å². The molecule has 1 unspecified atom stereocenters. The highest BCUT2D eigenvalue weighted by molar-refractivity contribution is 9.10. The van der Waals surface area contributed by atoms with Crippen LogP contribution in [0.15, 0.2) is 10.7 Å². The topological polar surface area (TPSA) is 34.9 Å². The van der Waals surface area contributed by atoms with Crippen LogP contribution in [-0.4, -0.2) is 15.6 Å². The van der Waals surface area contributed by atoms with E-state index in [-0.39, 0.29) is 0 Å². The third-order valence-electron chi connectivity index (χ3n) is 3.15. The first-order valence-corrected chi connectivity index (χ1v) is 6.63. The number of carbonyl (C=O) groups is 1. The molecule has 0 N–H and O–H groups in total. The highest BCUT2D eigenvalue weighted by atomic mass is 79.9. The summed E-state index contributed by atoms with van der Waals surface area (Å²) in [5.74, 6) is 0.736. The van der Waals surface area contributed by atoms with Gasteiger partial charge in [-0.1, -0.05) is 0 Å². The number of hydrogen-bond acceptors (Lipinski definition) is 2. The van der Waals surface area contributed by atoms with Crippen LogP contribution in [0.4, 0.5) is 0 Å². The summed E-state index contributed by atoms with van der Waals surface area (Å²) in [5.41, 5.74) is 1.20. The molecule has 3 nitrogen and oxygen atoms in total. The van der Waals surface area contributed by atoms with Crippen molar-refractivity contribution in [3.63, 3.8) is 0 Å². The van der Waals surface area contributed by atoms with Crippen LogP contribution in [0, 0.1) is 0 Å². The zero-order valence-corrected chi connectivity index (χ0v) is 11.3. The average molecular weight is 285 g/mol. The van der Waals surface area contributed by atoms with E-state index in [1.54, 1.807) is 0 Å². The maximum Gasteiger partial charge on any atom is 0.133 e. The Balaban J connectivity index is 2.31. The van der Waals surface area contributed by atoms with Crippen molar-refractivity contribution in [2.45, 2.75) is 51.5 Å². The summed E-state index contributed by atoms with van der Waals surface area (Å²) < 4.78 is 3.08. The van der Waals surface area contributed by atoms with E-state index in [0.29, 0.717) is 24.2 Å². The van der Waals surface area contributed by atoms with Crippen molar-refractivity contribution >= 4 is 21.7 Å². The van der Waals surface area contributed by atoms with Gasteiger partial charge in [0.2, 0.25) is 0 Å². The molecule has 1 aromatic rings. The molecule has 0 saturated heterocycles. The van der Waals surface area contributed by atoms with Gasteiger partial charge in [0.1, 0.15) is 5.78 Å². The van der Waals surface area contributed by atoms with Gasteiger partial charge in [-0.15, -0.1) is 0 Å². The highest BCUT2D eigenvalue weighted by Crippen LogP contribution is 2.36. The van der Waals surface area contributed by atoms with Crippen molar-refractivity contribution in [2.75, 3.05) is 0 Å². The summed E-state index contributed by atoms with van der Waals surface area (Å²) >= 11 is 3.55. The molecule has 0 aromatic carbocycles. The Morgan fingerprint density at radius 2 is 2.31 bits per heavy atom. The number of aromatic nitrogens is 2. The van der Waals surface area contributed by atoms with Crippen molar-refractivity contribution in [1.29, 1.82) is 0 Å². The summed E-state index contributed by atoms with van der Waals surface area (Å²) in [4.78, 5) is 11.5. The number of halogens is 1. The van der Waals surface area contributed by atoms with Gasteiger partial charge in [0.25, 0.3) is 0 Å². The van der Waals surface area contributed by atoms with Crippen molar-refractivity contribution in [2.24, 2.45) is 0 Å². The minimum Gasteiger partial charge on any atom is -0.300 e. The van der Waals surface area contributed by atoms with Gasteiger partial charge in [-0.25, -0.2) is 0 Å². The Hall–Kier alpha value is -0.640. The highest BCUT2D eigenvalue weighted by Gasteiger charge is 2.26. The average Bonchev–Trinajstić information content (AvgIpc) is 2.60. The summed E-state index contributed by atoms with van der Waals surface area (Å²) in [6.07, 6.45) is 5.39. The number of Topliss-reactive ketones (excluding diaryl/α,β-unsaturated/α-hetero) is 1. The van der Waals surface area contributed by atoms with E-state index < -0.39 is 0 Å². The molecule has 0 bridgehead atoms. The summed E-state index contributed by atoms with van der Waals surface area (Å²) in [7, 11) is 0. The molecule has 1 aliphatic rings. The van der Waals surface area contributed by atoms with Crippen LogP contribution in [0.25, 0.3) is 0 Å². The molecular formula is C12H17BrN2O. The lowest BCUT2D eigenvalue weighted by molar-refractivity contribution is -0.120. The molecule has 16 heavy (non-hydrogen) atoms. The second kappa shape index (κ2) is 4.70. The van der Waals surface area contributed by atoms with Gasteiger partial charge in [0, 0.05) is 24.8 Å². The lowest BCUT2D eigenvalue weighted by atomic mass is 9.86. The molecule has 2 rings (SSSR count). The molecule has 0 aliphatic heterocycles. The van der Waals surface area contributed by atoms with E-state index >= 15 is 0 Å². The predicted molar refractivity (Wildman–Crippen MR) is 66.5 cm³/mol. The molecular weight excluding hydrogens is 268 g/mol. The van der Waals surface area contributed by atoms with E-state index in [4.69, 9.17) is 0 Å². The maximum atomic E-state index is 11.5. The van der Waals surface area contributed by atoms with Gasteiger partial charge in [0.05, 0.1) is 16.4 Å². The van der Waals surface area contributed by atoms with Crippen molar-refractivity contribution in [3.8, 4) is 0 Å². The number of carbonyl (C=O) groups excluding carboxylic acids is 1. The van der Waals surface area contributed by atoms with Gasteiger partial charge < -0.3 is 0 Å². The van der Waals surface area contributed by atoms with Crippen LogP contribution in [0.1, 0.15) is 57.2 Å². The molecule has 1 aliphatic carbocycles. The fraction of sp³-hybridized carbons (Fsp3) is 0.667. The molecule has 1 atom stereocenters. The van der Waals surface area contributed by atoms with Crippen molar-refractivity contribution in [3.05, 3.63) is 16.4 Å². The Kier molecular flexibility index (Phi) is 3.47. The number of rotatable bonds is 2. The zero-order valence-electron chi connectivity index (χ0n) is 9.74. The molecule has 0 spiro atoms. The number of ketones is 1. The molecule has 1 heterocycles. The lowest BCUT2D eigenvalue weighted by Gasteiger charge is -2.23. The van der Waals surface area contributed by atoms with Crippen LogP contribution in [0.5, 0.6) is 0 Å². The molecule has 0 amide bonds. The minimum absolute atomic E-state index is 0.346. The Labute approximate surface area is 104 Å². The van der Waals surface area contributed by atoms with Crippen LogP contribution in [-0.2, 0) is 4.79 Å². The van der Waals surface area contributed by atoms with Gasteiger partial charge in [-0.3, -0.25) is 9.48 Å². The fourth-order valence-electron chi connectivity index (χ4n) is 2.40. The number of hydrogen-bond donors (Lipinski definition) is 0. The van der Waals surface area contributed by atoms with E-state index in [0.717, 1.165) is 23.7 Å². The first-order valence-electron chi connectivity index (χ1n) is 5.84. The molecule has 1 fully saturated rings. The van der Waals surface area contributed by atoms with Crippen LogP contribution in [0.3, 0.4) is 0 Å². The Morgan fingerprint density at radius 3 is 2.94 bits per heavy atom. The second-order valence-corrected chi connectivity index (χ2v) is 5.60. The van der Waals surface area contributed by atoms with E-state index in [2.05, 4.69) is 34.9 Å². The smallest absolute Gasteiger partial charge is 0.133 e. The van der Waals surface area contributed by atoms with Crippen LogP contribution >= 0.6 is 15.9 Å². The van der Waals surface area contributed by atoms with E-state index in [9.17, 15) is 4.79 Å². The first kappa shape index (κ1) is 11.8. The molecule has 1 aromatic heterocycles. The summed E-state index contributed by atoms with van der Waals surface area (Å²) in [5, 5.41) is 4.37. The second-order valence-electron chi connectivity index (χ2n) is 4.75. The molecule has 1 saturated carbocycles. The quantitative estimate of drug-likeness (QED) is 0.834. The third-order valence-corrected chi connectivity index (χ3v) is 3.76. The zero-order chi connectivity index (χ0) is 11.7. The van der Waals surface area contributed by atoms with E-state index in [1.165, 1.54) is 5.69 Å². The molecule has 88 valence electrons. The van der Waals surface area contributed by atoms with Crippen molar-refractivity contribution < 1.29 is 4.79 Å². The first-order chi connectivity index (χ1) is 7.59. The minimum atomic E-state index is 0.346. The monoisotopic (exact) mass is 284 g/mol. The molecule has 4 heteroatoms. The molecule has 0 radical (unpaired) electrons. The van der Waals surface area contributed by atoms with Gasteiger partial charge >= 0.3 is 0 Å². The lowest BCUT2D eigenvalue weighted by Crippen LogP contribution is -2.18. The standard InChI is InChI=1S/C12H17BrN2O/c1-8(2)15-12(11(13)7-14-15)9-4-3-5-10(16)6-9/h7-9H,3-6H2,1-2H3. The summed E-state index contributed by atoms with van der Waals surface area (Å²) in [6, 6.07) is 0.346. The van der Waals surface area contributed by atoms with Crippen LogP contribution in [0.2, 0.25) is 0 Å². The normalized spacial score (nSPS) is 21.8.